The Morgan fingerprint density at radius 2 is 2.14 bits per heavy atom. The summed E-state index contributed by atoms with van der Waals surface area (Å²) in [7, 11) is 0. The summed E-state index contributed by atoms with van der Waals surface area (Å²) in [5.74, 6) is 0.176. The molecule has 0 fully saturated rings. The van der Waals surface area contributed by atoms with Crippen molar-refractivity contribution in [3.63, 3.8) is 0 Å². The van der Waals surface area contributed by atoms with E-state index in [1.807, 2.05) is 24.4 Å². The molecule has 1 amide bonds. The van der Waals surface area contributed by atoms with E-state index in [0.29, 0.717) is 6.54 Å². The topological polar surface area (TPSA) is 42.0 Å². The molecular formula is C18H20N2O. The van der Waals surface area contributed by atoms with Gasteiger partial charge in [-0.1, -0.05) is 30.3 Å². The molecule has 1 atom stereocenters. The Morgan fingerprint density at radius 3 is 3.00 bits per heavy atom. The number of hydrogen-bond donors (Lipinski definition) is 1. The molecule has 0 radical (unpaired) electrons. The summed E-state index contributed by atoms with van der Waals surface area (Å²) in [6, 6.07) is 12.3. The Bertz CT molecular complexity index is 610. The minimum atomic E-state index is 0.0175. The van der Waals surface area contributed by atoms with Crippen LogP contribution in [0.15, 0.2) is 48.8 Å². The van der Waals surface area contributed by atoms with Gasteiger partial charge in [0.25, 0.3) is 0 Å². The summed E-state index contributed by atoms with van der Waals surface area (Å²) in [4.78, 5) is 16.5. The third kappa shape index (κ3) is 3.30. The summed E-state index contributed by atoms with van der Waals surface area (Å²) in [5, 5.41) is 3.08. The number of pyridine rings is 1. The number of nitrogens with one attached hydrogen (secondary N) is 1. The molecule has 0 saturated heterocycles. The number of nitrogens with zero attached hydrogens (tertiary/aromatic N) is 1. The lowest BCUT2D eigenvalue weighted by atomic mass is 9.82. The second-order valence-corrected chi connectivity index (χ2v) is 5.55. The molecule has 0 spiro atoms. The number of carbonyl (C=O) groups excluding carboxylic acids is 1. The molecule has 0 unspecified atom stereocenters. The van der Waals surface area contributed by atoms with Crippen LogP contribution in [0.5, 0.6) is 0 Å². The summed E-state index contributed by atoms with van der Waals surface area (Å²) in [6.45, 7) is 0.670. The first kappa shape index (κ1) is 13.8. The van der Waals surface area contributed by atoms with Crippen molar-refractivity contribution in [1.29, 1.82) is 0 Å². The molecular weight excluding hydrogens is 260 g/mol. The van der Waals surface area contributed by atoms with E-state index in [1.165, 1.54) is 11.1 Å². The van der Waals surface area contributed by atoms with Crippen LogP contribution in [-0.4, -0.2) is 17.4 Å². The Labute approximate surface area is 125 Å². The first-order chi connectivity index (χ1) is 10.3. The number of aromatic nitrogens is 1. The molecule has 1 aromatic heterocycles. The van der Waals surface area contributed by atoms with Crippen LogP contribution in [0.2, 0.25) is 0 Å². The standard InChI is InChI=1S/C18H20N2O/c21-18(20-12-10-14-5-4-11-19-13-14)17-9-3-7-15-6-1-2-8-16(15)17/h1-2,4-6,8,11,13,17H,3,7,9-10,12H2,(H,20,21)/t17-/m1/s1. The monoisotopic (exact) mass is 280 g/mol. The van der Waals surface area contributed by atoms with Crippen molar-refractivity contribution in [1.82, 2.24) is 10.3 Å². The van der Waals surface area contributed by atoms with Crippen molar-refractivity contribution in [3.8, 4) is 0 Å². The van der Waals surface area contributed by atoms with Crippen LogP contribution in [0.4, 0.5) is 0 Å². The minimum Gasteiger partial charge on any atom is -0.355 e. The normalized spacial score (nSPS) is 17.0. The average molecular weight is 280 g/mol. The van der Waals surface area contributed by atoms with E-state index >= 15 is 0 Å². The second-order valence-electron chi connectivity index (χ2n) is 5.55. The first-order valence-corrected chi connectivity index (χ1v) is 7.59. The summed E-state index contributed by atoms with van der Waals surface area (Å²) < 4.78 is 0. The van der Waals surface area contributed by atoms with Crippen molar-refractivity contribution in [2.75, 3.05) is 6.54 Å². The maximum Gasteiger partial charge on any atom is 0.227 e. The molecule has 0 saturated carbocycles. The van der Waals surface area contributed by atoms with Crippen molar-refractivity contribution >= 4 is 5.91 Å². The lowest BCUT2D eigenvalue weighted by Crippen LogP contribution is -2.32. The van der Waals surface area contributed by atoms with Gasteiger partial charge in [-0.25, -0.2) is 0 Å². The molecule has 0 bridgehead atoms. The number of aryl methyl sites for hydroxylation is 1. The van der Waals surface area contributed by atoms with E-state index in [4.69, 9.17) is 0 Å². The van der Waals surface area contributed by atoms with E-state index in [-0.39, 0.29) is 11.8 Å². The molecule has 1 heterocycles. The fourth-order valence-electron chi connectivity index (χ4n) is 3.03. The van der Waals surface area contributed by atoms with Gasteiger partial charge in [0.15, 0.2) is 0 Å². The third-order valence-corrected chi connectivity index (χ3v) is 4.12. The Kier molecular flexibility index (Phi) is 4.29. The zero-order chi connectivity index (χ0) is 14.5. The molecule has 3 heteroatoms. The molecule has 21 heavy (non-hydrogen) atoms. The fraction of sp³-hybridized carbons (Fsp3) is 0.333. The second kappa shape index (κ2) is 6.53. The molecule has 2 aromatic rings. The average Bonchev–Trinajstić information content (AvgIpc) is 2.55. The predicted molar refractivity (Wildman–Crippen MR) is 83.1 cm³/mol. The fourth-order valence-corrected chi connectivity index (χ4v) is 3.03. The zero-order valence-electron chi connectivity index (χ0n) is 12.1. The number of rotatable bonds is 4. The maximum atomic E-state index is 12.4. The van der Waals surface area contributed by atoms with Gasteiger partial charge in [0.2, 0.25) is 5.91 Å². The molecule has 1 N–H and O–H groups in total. The SMILES string of the molecule is O=C(NCCc1cccnc1)[C@@H]1CCCc2ccccc21. The van der Waals surface area contributed by atoms with Crippen LogP contribution in [-0.2, 0) is 17.6 Å². The van der Waals surface area contributed by atoms with Gasteiger partial charge >= 0.3 is 0 Å². The largest absolute Gasteiger partial charge is 0.355 e. The van der Waals surface area contributed by atoms with E-state index in [2.05, 4.69) is 28.5 Å². The van der Waals surface area contributed by atoms with Crippen LogP contribution in [0, 0.1) is 0 Å². The molecule has 3 rings (SSSR count). The van der Waals surface area contributed by atoms with Gasteiger partial charge in [-0.15, -0.1) is 0 Å². The number of amides is 1. The molecule has 108 valence electrons. The summed E-state index contributed by atoms with van der Waals surface area (Å²) >= 11 is 0. The zero-order valence-corrected chi connectivity index (χ0v) is 12.1. The predicted octanol–water partition coefficient (Wildman–Crippen LogP) is 2.86. The molecule has 0 aliphatic heterocycles. The van der Waals surface area contributed by atoms with Gasteiger partial charge in [0.05, 0.1) is 5.92 Å². The number of fused-ring (bicyclic) bond motifs is 1. The van der Waals surface area contributed by atoms with Crippen molar-refractivity contribution in [3.05, 3.63) is 65.5 Å². The Morgan fingerprint density at radius 1 is 1.24 bits per heavy atom. The van der Waals surface area contributed by atoms with Gasteiger partial charge in [-0.3, -0.25) is 9.78 Å². The molecule has 3 nitrogen and oxygen atoms in total. The smallest absolute Gasteiger partial charge is 0.227 e. The quantitative estimate of drug-likeness (QED) is 0.935. The van der Waals surface area contributed by atoms with Gasteiger partial charge < -0.3 is 5.32 Å². The lowest BCUT2D eigenvalue weighted by molar-refractivity contribution is -0.122. The van der Waals surface area contributed by atoms with Gasteiger partial charge in [-0.05, 0) is 48.4 Å². The number of carbonyl (C=O) groups is 1. The van der Waals surface area contributed by atoms with Gasteiger partial charge in [0, 0.05) is 18.9 Å². The molecule has 1 aromatic carbocycles. The highest BCUT2D eigenvalue weighted by Crippen LogP contribution is 2.31. The number of hydrogen-bond acceptors (Lipinski definition) is 2. The highest BCUT2D eigenvalue weighted by Gasteiger charge is 2.25. The van der Waals surface area contributed by atoms with E-state index in [1.54, 1.807) is 6.20 Å². The van der Waals surface area contributed by atoms with E-state index in [9.17, 15) is 4.79 Å². The highest BCUT2D eigenvalue weighted by atomic mass is 16.1. The van der Waals surface area contributed by atoms with Crippen LogP contribution in [0.1, 0.15) is 35.4 Å². The first-order valence-electron chi connectivity index (χ1n) is 7.59. The van der Waals surface area contributed by atoms with Crippen LogP contribution >= 0.6 is 0 Å². The lowest BCUT2D eigenvalue weighted by Gasteiger charge is -2.24. The summed E-state index contributed by atoms with van der Waals surface area (Å²) in [6.07, 6.45) is 7.58. The van der Waals surface area contributed by atoms with Crippen LogP contribution < -0.4 is 5.32 Å². The van der Waals surface area contributed by atoms with Crippen molar-refractivity contribution in [2.45, 2.75) is 31.6 Å². The minimum absolute atomic E-state index is 0.0175. The van der Waals surface area contributed by atoms with E-state index < -0.39 is 0 Å². The van der Waals surface area contributed by atoms with Gasteiger partial charge in [0.1, 0.15) is 0 Å². The third-order valence-electron chi connectivity index (χ3n) is 4.12. The Balaban J connectivity index is 1.59. The van der Waals surface area contributed by atoms with Crippen molar-refractivity contribution in [2.24, 2.45) is 0 Å². The molecule has 1 aliphatic carbocycles. The van der Waals surface area contributed by atoms with Crippen LogP contribution in [0.3, 0.4) is 0 Å². The summed E-state index contributed by atoms with van der Waals surface area (Å²) in [5.41, 5.74) is 3.70. The number of benzene rings is 1. The van der Waals surface area contributed by atoms with Crippen LogP contribution in [0.25, 0.3) is 0 Å². The highest BCUT2D eigenvalue weighted by molar-refractivity contribution is 5.84. The Hall–Kier alpha value is -2.16. The molecule has 1 aliphatic rings. The van der Waals surface area contributed by atoms with Gasteiger partial charge in [-0.2, -0.15) is 0 Å². The maximum absolute atomic E-state index is 12.4. The van der Waals surface area contributed by atoms with E-state index in [0.717, 1.165) is 31.2 Å². The van der Waals surface area contributed by atoms with Crippen molar-refractivity contribution < 1.29 is 4.79 Å².